The molecule has 0 aliphatic carbocycles. The molecule has 0 spiro atoms. The van der Waals surface area contributed by atoms with E-state index in [-0.39, 0.29) is 12.2 Å². The smallest absolute Gasteiger partial charge is 0.332 e. The highest BCUT2D eigenvalue weighted by Crippen LogP contribution is 2.19. The number of aliphatic hydroxyl groups is 1. The number of carboxylic acids is 1. The van der Waals surface area contributed by atoms with Crippen LogP contribution in [0.5, 0.6) is 5.75 Å². The molecule has 0 heterocycles. The van der Waals surface area contributed by atoms with E-state index in [1.54, 1.807) is 0 Å². The summed E-state index contributed by atoms with van der Waals surface area (Å²) in [5.41, 5.74) is 0.503. The van der Waals surface area contributed by atoms with Crippen molar-refractivity contribution in [2.24, 2.45) is 0 Å². The van der Waals surface area contributed by atoms with Gasteiger partial charge in [-0.15, -0.1) is 0 Å². The van der Waals surface area contributed by atoms with Crippen LogP contribution in [0, 0.1) is 5.82 Å². The Kier molecular flexibility index (Phi) is 3.62. The second-order valence-electron chi connectivity index (χ2n) is 3.03. The van der Waals surface area contributed by atoms with Gasteiger partial charge >= 0.3 is 5.97 Å². The highest BCUT2D eigenvalue weighted by atomic mass is 19.1. The number of hydrogen-bond donors (Lipinski definition) is 2. The fourth-order valence-electron chi connectivity index (χ4n) is 1.14. The average molecular weight is 214 g/mol. The Bertz CT molecular complexity index is 364. The van der Waals surface area contributed by atoms with Gasteiger partial charge in [-0.05, 0) is 17.7 Å². The first kappa shape index (κ1) is 11.5. The third-order valence-corrected chi connectivity index (χ3v) is 1.93. The lowest BCUT2D eigenvalue weighted by Gasteiger charge is -2.07. The van der Waals surface area contributed by atoms with Crippen LogP contribution >= 0.6 is 0 Å². The Morgan fingerprint density at radius 2 is 2.27 bits per heavy atom. The van der Waals surface area contributed by atoms with Gasteiger partial charge in [0.2, 0.25) is 0 Å². The molecule has 2 N–H and O–H groups in total. The summed E-state index contributed by atoms with van der Waals surface area (Å²) in [6, 6.07) is 3.94. The fraction of sp³-hybridized carbons (Fsp3) is 0.300. The van der Waals surface area contributed by atoms with Gasteiger partial charge in [0.15, 0.2) is 17.7 Å². The number of methoxy groups -OCH3 is 1. The predicted molar refractivity (Wildman–Crippen MR) is 50.3 cm³/mol. The van der Waals surface area contributed by atoms with E-state index in [4.69, 9.17) is 14.9 Å². The molecule has 0 radical (unpaired) electrons. The zero-order chi connectivity index (χ0) is 11.4. The summed E-state index contributed by atoms with van der Waals surface area (Å²) < 4.78 is 17.7. The number of ether oxygens (including phenoxy) is 1. The third-order valence-electron chi connectivity index (χ3n) is 1.93. The lowest BCUT2D eigenvalue weighted by molar-refractivity contribution is -0.146. The zero-order valence-electron chi connectivity index (χ0n) is 8.11. The van der Waals surface area contributed by atoms with Crippen molar-refractivity contribution in [1.82, 2.24) is 0 Å². The monoisotopic (exact) mass is 214 g/mol. The quantitative estimate of drug-likeness (QED) is 0.778. The van der Waals surface area contributed by atoms with Crippen LogP contribution in [0.25, 0.3) is 0 Å². The molecule has 0 aromatic heterocycles. The predicted octanol–water partition coefficient (Wildman–Crippen LogP) is 0.822. The van der Waals surface area contributed by atoms with Crippen molar-refractivity contribution in [2.45, 2.75) is 12.5 Å². The lowest BCUT2D eigenvalue weighted by atomic mass is 10.1. The highest BCUT2D eigenvalue weighted by molar-refractivity contribution is 5.72. The summed E-state index contributed by atoms with van der Waals surface area (Å²) in [6.07, 6.45) is -1.56. The molecule has 0 aliphatic rings. The van der Waals surface area contributed by atoms with Crippen molar-refractivity contribution >= 4 is 5.97 Å². The molecule has 1 rings (SSSR count). The highest BCUT2D eigenvalue weighted by Gasteiger charge is 2.14. The van der Waals surface area contributed by atoms with Crippen molar-refractivity contribution < 1.29 is 24.1 Å². The number of carboxylic acid groups (broad SMARTS) is 1. The maximum absolute atomic E-state index is 13.0. The van der Waals surface area contributed by atoms with Crippen molar-refractivity contribution in [1.29, 1.82) is 0 Å². The molecule has 15 heavy (non-hydrogen) atoms. The number of aliphatic hydroxyl groups excluding tert-OH is 1. The average Bonchev–Trinajstić information content (AvgIpc) is 2.20. The van der Waals surface area contributed by atoms with Crippen LogP contribution in [0.4, 0.5) is 4.39 Å². The van der Waals surface area contributed by atoms with Crippen LogP contribution in [0.2, 0.25) is 0 Å². The Morgan fingerprint density at radius 1 is 1.60 bits per heavy atom. The number of rotatable bonds is 4. The van der Waals surface area contributed by atoms with E-state index in [9.17, 15) is 9.18 Å². The Labute approximate surface area is 85.9 Å². The summed E-state index contributed by atoms with van der Waals surface area (Å²) in [4.78, 5) is 10.4. The molecule has 0 bridgehead atoms. The first-order valence-corrected chi connectivity index (χ1v) is 4.28. The molecule has 5 heteroatoms. The van der Waals surface area contributed by atoms with Gasteiger partial charge in [0, 0.05) is 6.42 Å². The minimum Gasteiger partial charge on any atom is -0.494 e. The van der Waals surface area contributed by atoms with Crippen molar-refractivity contribution in [3.63, 3.8) is 0 Å². The minimum absolute atomic E-state index is 0.0325. The maximum Gasteiger partial charge on any atom is 0.332 e. The molecule has 1 unspecified atom stereocenters. The van der Waals surface area contributed by atoms with Crippen molar-refractivity contribution in [3.05, 3.63) is 29.6 Å². The Balaban J connectivity index is 2.83. The van der Waals surface area contributed by atoms with Crippen LogP contribution < -0.4 is 4.74 Å². The summed E-state index contributed by atoms with van der Waals surface area (Å²) in [5, 5.41) is 17.5. The van der Waals surface area contributed by atoms with E-state index in [1.807, 2.05) is 0 Å². The number of aliphatic carboxylic acids is 1. The van der Waals surface area contributed by atoms with Gasteiger partial charge in [-0.2, -0.15) is 0 Å². The number of hydrogen-bond acceptors (Lipinski definition) is 3. The van der Waals surface area contributed by atoms with E-state index >= 15 is 0 Å². The van der Waals surface area contributed by atoms with Gasteiger partial charge in [0.05, 0.1) is 7.11 Å². The SMILES string of the molecule is COc1cc(CC(O)C(=O)O)ccc1F. The van der Waals surface area contributed by atoms with E-state index in [1.165, 1.54) is 25.3 Å². The topological polar surface area (TPSA) is 66.8 Å². The summed E-state index contributed by atoms with van der Waals surface area (Å²) in [6.45, 7) is 0. The summed E-state index contributed by atoms with van der Waals surface area (Å²) in [5.74, 6) is -1.80. The van der Waals surface area contributed by atoms with Crippen LogP contribution in [0.3, 0.4) is 0 Å². The van der Waals surface area contributed by atoms with Gasteiger partial charge in [0.1, 0.15) is 0 Å². The molecule has 1 aromatic carbocycles. The molecule has 4 nitrogen and oxygen atoms in total. The normalized spacial score (nSPS) is 12.2. The van der Waals surface area contributed by atoms with Crippen molar-refractivity contribution in [3.8, 4) is 5.75 Å². The zero-order valence-corrected chi connectivity index (χ0v) is 8.11. The standard InChI is InChI=1S/C10H11FO4/c1-15-9-5-6(2-3-7(9)11)4-8(12)10(13)14/h2-3,5,8,12H,4H2,1H3,(H,13,14). The van der Waals surface area contributed by atoms with Crippen LogP contribution in [0.15, 0.2) is 18.2 Å². The second kappa shape index (κ2) is 4.75. The number of carbonyl (C=O) groups is 1. The number of halogens is 1. The van der Waals surface area contributed by atoms with Gasteiger partial charge in [0.25, 0.3) is 0 Å². The van der Waals surface area contributed by atoms with Gasteiger partial charge < -0.3 is 14.9 Å². The van der Waals surface area contributed by atoms with E-state index in [2.05, 4.69) is 0 Å². The van der Waals surface area contributed by atoms with Gasteiger partial charge in [-0.25, -0.2) is 9.18 Å². The first-order valence-electron chi connectivity index (χ1n) is 4.28. The van der Waals surface area contributed by atoms with Crippen LogP contribution in [0.1, 0.15) is 5.56 Å². The van der Waals surface area contributed by atoms with E-state index in [0.29, 0.717) is 5.56 Å². The lowest BCUT2D eigenvalue weighted by Crippen LogP contribution is -2.21. The summed E-state index contributed by atoms with van der Waals surface area (Å²) in [7, 11) is 1.32. The Morgan fingerprint density at radius 3 is 2.80 bits per heavy atom. The minimum atomic E-state index is -1.49. The Hall–Kier alpha value is -1.62. The van der Waals surface area contributed by atoms with E-state index in [0.717, 1.165) is 0 Å². The molecule has 0 aliphatic heterocycles. The molecular formula is C10H11FO4. The second-order valence-corrected chi connectivity index (χ2v) is 3.03. The van der Waals surface area contributed by atoms with Gasteiger partial charge in [-0.1, -0.05) is 6.07 Å². The largest absolute Gasteiger partial charge is 0.494 e. The molecule has 82 valence electrons. The molecule has 1 aromatic rings. The van der Waals surface area contributed by atoms with E-state index < -0.39 is 17.9 Å². The van der Waals surface area contributed by atoms with Crippen molar-refractivity contribution in [2.75, 3.05) is 7.11 Å². The summed E-state index contributed by atoms with van der Waals surface area (Å²) >= 11 is 0. The molecular weight excluding hydrogens is 203 g/mol. The number of benzene rings is 1. The molecule has 1 atom stereocenters. The first-order chi connectivity index (χ1) is 7.04. The molecule has 0 fully saturated rings. The molecule has 0 saturated carbocycles. The molecule has 0 amide bonds. The molecule has 0 saturated heterocycles. The third kappa shape index (κ3) is 2.92. The van der Waals surface area contributed by atoms with Crippen LogP contribution in [-0.2, 0) is 11.2 Å². The van der Waals surface area contributed by atoms with Crippen LogP contribution in [-0.4, -0.2) is 29.4 Å². The fourth-order valence-corrected chi connectivity index (χ4v) is 1.14. The maximum atomic E-state index is 13.0. The van der Waals surface area contributed by atoms with Gasteiger partial charge in [-0.3, -0.25) is 0 Å².